The van der Waals surface area contributed by atoms with E-state index in [4.69, 9.17) is 4.74 Å². The van der Waals surface area contributed by atoms with Crippen molar-refractivity contribution in [2.45, 2.75) is 44.2 Å². The SMILES string of the molecule is COCC(C)(NC(=O)c1ccc2c(c1)[nH]c(=O)n2C1CCCC1)C(=O)O. The van der Waals surface area contributed by atoms with Crippen molar-refractivity contribution in [3.05, 3.63) is 34.2 Å². The number of carboxylic acids is 1. The Balaban J connectivity index is 1.90. The second kappa shape index (κ2) is 6.95. The van der Waals surface area contributed by atoms with E-state index in [2.05, 4.69) is 10.3 Å². The highest BCUT2D eigenvalue weighted by Gasteiger charge is 2.35. The number of nitrogens with one attached hydrogen (secondary N) is 2. The summed E-state index contributed by atoms with van der Waals surface area (Å²) < 4.78 is 6.67. The number of aromatic amines is 1. The van der Waals surface area contributed by atoms with Gasteiger partial charge in [0.15, 0.2) is 5.54 Å². The third-order valence-corrected chi connectivity index (χ3v) is 4.96. The molecule has 1 saturated carbocycles. The van der Waals surface area contributed by atoms with Crippen molar-refractivity contribution in [1.29, 1.82) is 0 Å². The summed E-state index contributed by atoms with van der Waals surface area (Å²) in [6.45, 7) is 1.22. The molecule has 1 aliphatic rings. The molecule has 8 nitrogen and oxygen atoms in total. The van der Waals surface area contributed by atoms with Crippen molar-refractivity contribution < 1.29 is 19.4 Å². The molecule has 0 radical (unpaired) electrons. The van der Waals surface area contributed by atoms with Gasteiger partial charge >= 0.3 is 11.7 Å². The molecule has 0 saturated heterocycles. The molecular formula is C18H23N3O5. The van der Waals surface area contributed by atoms with E-state index in [1.54, 1.807) is 22.8 Å². The summed E-state index contributed by atoms with van der Waals surface area (Å²) in [5, 5.41) is 11.8. The molecule has 3 N–H and O–H groups in total. The number of carboxylic acid groups (broad SMARTS) is 1. The fraction of sp³-hybridized carbons (Fsp3) is 0.500. The minimum absolute atomic E-state index is 0.162. The first-order valence-electron chi connectivity index (χ1n) is 8.65. The number of aliphatic carboxylic acids is 1. The van der Waals surface area contributed by atoms with Crippen LogP contribution in [0.1, 0.15) is 49.0 Å². The number of carbonyl (C=O) groups is 2. The molecule has 0 aliphatic heterocycles. The summed E-state index contributed by atoms with van der Waals surface area (Å²) in [6, 6.07) is 5.10. The first-order chi connectivity index (χ1) is 12.4. The fourth-order valence-corrected chi connectivity index (χ4v) is 3.56. The molecule has 8 heteroatoms. The molecule has 140 valence electrons. The summed E-state index contributed by atoms with van der Waals surface area (Å²) in [7, 11) is 1.37. The molecule has 1 fully saturated rings. The van der Waals surface area contributed by atoms with Gasteiger partial charge in [-0.2, -0.15) is 0 Å². The summed E-state index contributed by atoms with van der Waals surface area (Å²) in [5.41, 5.74) is -0.112. The van der Waals surface area contributed by atoms with Gasteiger partial charge in [0, 0.05) is 18.7 Å². The Labute approximate surface area is 150 Å². The number of benzene rings is 1. The van der Waals surface area contributed by atoms with Crippen LogP contribution in [0.3, 0.4) is 0 Å². The largest absolute Gasteiger partial charge is 0.479 e. The lowest BCUT2D eigenvalue weighted by molar-refractivity contribution is -0.145. The number of imidazole rings is 1. The van der Waals surface area contributed by atoms with E-state index in [0.29, 0.717) is 5.52 Å². The molecule has 1 amide bonds. The van der Waals surface area contributed by atoms with Crippen molar-refractivity contribution >= 4 is 22.9 Å². The van der Waals surface area contributed by atoms with E-state index in [1.165, 1.54) is 14.0 Å². The first-order valence-corrected chi connectivity index (χ1v) is 8.65. The van der Waals surface area contributed by atoms with Gasteiger partial charge in [0.25, 0.3) is 5.91 Å². The van der Waals surface area contributed by atoms with Gasteiger partial charge in [-0.3, -0.25) is 9.36 Å². The Morgan fingerprint density at radius 3 is 2.69 bits per heavy atom. The summed E-state index contributed by atoms with van der Waals surface area (Å²) in [4.78, 5) is 39.1. The quantitative estimate of drug-likeness (QED) is 0.724. The second-order valence-electron chi connectivity index (χ2n) is 6.99. The van der Waals surface area contributed by atoms with E-state index in [9.17, 15) is 19.5 Å². The smallest absolute Gasteiger partial charge is 0.331 e. The average Bonchev–Trinajstić information content (AvgIpc) is 3.20. The third-order valence-electron chi connectivity index (χ3n) is 4.96. The summed E-state index contributed by atoms with van der Waals surface area (Å²) >= 11 is 0. The standard InChI is InChI=1S/C18H23N3O5/c1-18(10-26-2,16(23)24)20-15(22)11-7-8-14-13(9-11)19-17(25)21(14)12-5-3-4-6-12/h7-9,12H,3-6,10H2,1-2H3,(H,19,25)(H,20,22)(H,23,24). The average molecular weight is 361 g/mol. The predicted octanol–water partition coefficient (Wildman–Crippen LogP) is 1.66. The number of carbonyl (C=O) groups excluding carboxylic acids is 1. The van der Waals surface area contributed by atoms with E-state index < -0.39 is 17.4 Å². The number of fused-ring (bicyclic) bond motifs is 1. The van der Waals surface area contributed by atoms with Crippen LogP contribution in [0.15, 0.2) is 23.0 Å². The Kier molecular flexibility index (Phi) is 4.86. The molecule has 3 rings (SSSR count). The predicted molar refractivity (Wildman–Crippen MR) is 95.4 cm³/mol. The van der Waals surface area contributed by atoms with Gasteiger partial charge < -0.3 is 20.1 Å². The molecule has 0 spiro atoms. The van der Waals surface area contributed by atoms with Crippen LogP contribution in [-0.4, -0.2) is 45.8 Å². The van der Waals surface area contributed by atoms with Crippen LogP contribution in [0.2, 0.25) is 0 Å². The number of rotatable bonds is 6. The highest BCUT2D eigenvalue weighted by Crippen LogP contribution is 2.30. The molecule has 1 aliphatic carbocycles. The Bertz CT molecular complexity index is 894. The number of H-pyrrole nitrogens is 1. The van der Waals surface area contributed by atoms with Crippen molar-refractivity contribution in [2.24, 2.45) is 0 Å². The molecule has 1 heterocycles. The fourth-order valence-electron chi connectivity index (χ4n) is 3.56. The Morgan fingerprint density at radius 2 is 2.08 bits per heavy atom. The van der Waals surface area contributed by atoms with Gasteiger partial charge in [-0.05, 0) is 38.0 Å². The minimum atomic E-state index is -1.54. The Hall–Kier alpha value is -2.61. The van der Waals surface area contributed by atoms with E-state index in [0.717, 1.165) is 31.2 Å². The van der Waals surface area contributed by atoms with Crippen LogP contribution in [-0.2, 0) is 9.53 Å². The zero-order valence-electron chi connectivity index (χ0n) is 14.9. The number of nitrogens with zero attached hydrogens (tertiary/aromatic N) is 1. The monoisotopic (exact) mass is 361 g/mol. The van der Waals surface area contributed by atoms with Gasteiger partial charge in [0.1, 0.15) is 0 Å². The molecule has 26 heavy (non-hydrogen) atoms. The lowest BCUT2D eigenvalue weighted by atomic mass is 10.0. The molecule has 1 aromatic heterocycles. The van der Waals surface area contributed by atoms with Gasteiger partial charge in [0.2, 0.25) is 0 Å². The molecule has 0 bridgehead atoms. The Morgan fingerprint density at radius 1 is 1.38 bits per heavy atom. The lowest BCUT2D eigenvalue weighted by Crippen LogP contribution is -2.55. The lowest BCUT2D eigenvalue weighted by Gasteiger charge is -2.25. The van der Waals surface area contributed by atoms with Gasteiger partial charge in [-0.15, -0.1) is 0 Å². The topological polar surface area (TPSA) is 113 Å². The summed E-state index contributed by atoms with van der Waals surface area (Å²) in [5.74, 6) is -1.72. The van der Waals surface area contributed by atoms with Crippen molar-refractivity contribution in [1.82, 2.24) is 14.9 Å². The van der Waals surface area contributed by atoms with E-state index >= 15 is 0 Å². The van der Waals surface area contributed by atoms with Crippen LogP contribution in [0.5, 0.6) is 0 Å². The molecule has 1 unspecified atom stereocenters. The number of amides is 1. The number of hydrogen-bond donors (Lipinski definition) is 3. The van der Waals surface area contributed by atoms with Gasteiger partial charge in [0.05, 0.1) is 17.6 Å². The minimum Gasteiger partial charge on any atom is -0.479 e. The number of methoxy groups -OCH3 is 1. The highest BCUT2D eigenvalue weighted by molar-refractivity contribution is 6.00. The van der Waals surface area contributed by atoms with Crippen LogP contribution < -0.4 is 11.0 Å². The van der Waals surface area contributed by atoms with Crippen LogP contribution in [0.4, 0.5) is 0 Å². The highest BCUT2D eigenvalue weighted by atomic mass is 16.5. The normalized spacial score (nSPS) is 17.3. The van der Waals surface area contributed by atoms with Crippen molar-refractivity contribution in [3.8, 4) is 0 Å². The maximum Gasteiger partial charge on any atom is 0.331 e. The maximum atomic E-state index is 12.5. The number of aromatic nitrogens is 2. The van der Waals surface area contributed by atoms with Crippen LogP contribution in [0.25, 0.3) is 11.0 Å². The van der Waals surface area contributed by atoms with Crippen molar-refractivity contribution in [3.63, 3.8) is 0 Å². The molecule has 2 aromatic rings. The summed E-state index contributed by atoms with van der Waals surface area (Å²) in [6.07, 6.45) is 4.17. The maximum absolute atomic E-state index is 12.5. The van der Waals surface area contributed by atoms with Crippen molar-refractivity contribution in [2.75, 3.05) is 13.7 Å². The zero-order valence-corrected chi connectivity index (χ0v) is 14.9. The van der Waals surface area contributed by atoms with E-state index in [-0.39, 0.29) is 23.9 Å². The van der Waals surface area contributed by atoms with Gasteiger partial charge in [-0.25, -0.2) is 9.59 Å². The zero-order chi connectivity index (χ0) is 18.9. The molecule has 1 atom stereocenters. The third kappa shape index (κ3) is 3.24. The molecular weight excluding hydrogens is 338 g/mol. The number of hydrogen-bond acceptors (Lipinski definition) is 4. The second-order valence-corrected chi connectivity index (χ2v) is 6.99. The van der Waals surface area contributed by atoms with E-state index in [1.807, 2.05) is 0 Å². The van der Waals surface area contributed by atoms with Crippen LogP contribution >= 0.6 is 0 Å². The first kappa shape index (κ1) is 18.2. The van der Waals surface area contributed by atoms with Crippen LogP contribution in [0, 0.1) is 0 Å². The number of ether oxygens (including phenoxy) is 1. The molecule has 1 aromatic carbocycles. The van der Waals surface area contributed by atoms with Gasteiger partial charge in [-0.1, -0.05) is 12.8 Å².